The van der Waals surface area contributed by atoms with Crippen LogP contribution in [0.4, 0.5) is 18.9 Å². The van der Waals surface area contributed by atoms with Gasteiger partial charge < -0.3 is 23.8 Å². The summed E-state index contributed by atoms with van der Waals surface area (Å²) >= 11 is 2.36. The van der Waals surface area contributed by atoms with Gasteiger partial charge >= 0.3 is 31.1 Å². The minimum Gasteiger partial charge on any atom is -0.387 e. The first-order chi connectivity index (χ1) is 18.5. The van der Waals surface area contributed by atoms with Crippen LogP contribution in [0.5, 0.6) is 0 Å². The molecule has 0 unspecified atom stereocenters. The largest absolute Gasteiger partial charge is 2.00 e. The van der Waals surface area contributed by atoms with Crippen molar-refractivity contribution in [3.8, 4) is 11.1 Å². The molecule has 3 aromatic rings. The van der Waals surface area contributed by atoms with Crippen molar-refractivity contribution in [2.24, 2.45) is 22.6 Å². The number of hydrogen-bond donors (Lipinski definition) is 1. The Bertz CT molecular complexity index is 1150. The van der Waals surface area contributed by atoms with E-state index in [0.717, 1.165) is 25.9 Å². The van der Waals surface area contributed by atoms with E-state index < -0.39 is 6.68 Å². The maximum absolute atomic E-state index is 9.58. The number of nitrogens with two attached hydrogens (primary N) is 1. The zero-order valence-electron chi connectivity index (χ0n) is 23.9. The van der Waals surface area contributed by atoms with E-state index in [0.29, 0.717) is 17.7 Å². The summed E-state index contributed by atoms with van der Waals surface area (Å²) in [6.07, 6.45) is 2.11. The van der Waals surface area contributed by atoms with Crippen molar-refractivity contribution in [3.05, 3.63) is 94.2 Å². The zero-order chi connectivity index (χ0) is 28.9. The molecule has 214 valence electrons. The Morgan fingerprint density at radius 1 is 0.950 bits per heavy atom. The van der Waals surface area contributed by atoms with E-state index in [1.54, 1.807) is 7.05 Å². The molecule has 0 aromatic heterocycles. The molecule has 0 spiro atoms. The smallest absolute Gasteiger partial charge is 0.387 e. The Hall–Kier alpha value is -1.50. The molecule has 0 saturated heterocycles. The van der Waals surface area contributed by atoms with Crippen LogP contribution in [0.15, 0.2) is 71.7 Å². The van der Waals surface area contributed by atoms with Crippen LogP contribution in [-0.4, -0.2) is 19.4 Å². The summed E-state index contributed by atoms with van der Waals surface area (Å²) in [5.74, 6) is 1.96. The quantitative estimate of drug-likeness (QED) is 0.0904. The van der Waals surface area contributed by atoms with Gasteiger partial charge in [0.15, 0.2) is 6.68 Å². The van der Waals surface area contributed by atoms with Gasteiger partial charge in [0.25, 0.3) is 0 Å². The van der Waals surface area contributed by atoms with Gasteiger partial charge in [-0.25, -0.2) is 0 Å². The summed E-state index contributed by atoms with van der Waals surface area (Å²) < 4.78 is 30.0. The Balaban J connectivity index is 0.00000150. The zero-order valence-corrected chi connectivity index (χ0v) is 30.2. The first-order valence-electron chi connectivity index (χ1n) is 13.2. The van der Waals surface area contributed by atoms with Gasteiger partial charge in [0.1, 0.15) is 5.84 Å². The SMILES string of the molecule is CN=C(N)[C@H](CC(C)C)c1cc(-c2ccc(I)cc2)cc(N(CCC(C)C)Cc2cc[c-]cc2)c1.F[C-](F)F.[U+2]. The second-order valence-electron chi connectivity index (χ2n) is 10.4. The Morgan fingerprint density at radius 2 is 1.55 bits per heavy atom. The Morgan fingerprint density at radius 3 is 2.08 bits per heavy atom. The molecular formula is C32H39F3IN3U. The van der Waals surface area contributed by atoms with Crippen LogP contribution in [-0.2, 0) is 6.54 Å². The Kier molecular flexibility index (Phi) is 17.2. The summed E-state index contributed by atoms with van der Waals surface area (Å²) in [7, 11) is 1.80. The molecule has 1 atom stereocenters. The summed E-state index contributed by atoms with van der Waals surface area (Å²) in [5.41, 5.74) is 12.7. The van der Waals surface area contributed by atoms with Gasteiger partial charge in [0.2, 0.25) is 0 Å². The summed E-state index contributed by atoms with van der Waals surface area (Å²) in [6.45, 7) is 7.87. The van der Waals surface area contributed by atoms with E-state index in [1.165, 1.54) is 31.5 Å². The van der Waals surface area contributed by atoms with Gasteiger partial charge in [-0.1, -0.05) is 45.9 Å². The fourth-order valence-electron chi connectivity index (χ4n) is 4.34. The first-order valence-corrected chi connectivity index (χ1v) is 14.2. The molecule has 0 heterocycles. The van der Waals surface area contributed by atoms with E-state index in [2.05, 4.69) is 121 Å². The van der Waals surface area contributed by atoms with E-state index in [-0.39, 0.29) is 37.0 Å². The predicted molar refractivity (Wildman–Crippen MR) is 167 cm³/mol. The summed E-state index contributed by atoms with van der Waals surface area (Å²) in [5, 5.41) is 0. The number of benzene rings is 3. The van der Waals surface area contributed by atoms with E-state index in [4.69, 9.17) is 5.73 Å². The summed E-state index contributed by atoms with van der Waals surface area (Å²) in [6, 6.07) is 27.2. The molecule has 0 fully saturated rings. The van der Waals surface area contributed by atoms with Crippen LogP contribution >= 0.6 is 22.6 Å². The Labute approximate surface area is 275 Å². The van der Waals surface area contributed by atoms with Crippen LogP contribution < -0.4 is 10.6 Å². The molecule has 0 aliphatic carbocycles. The summed E-state index contributed by atoms with van der Waals surface area (Å²) in [4.78, 5) is 6.93. The number of nitrogens with zero attached hydrogens (tertiary/aromatic N) is 2. The fraction of sp³-hybridized carbons (Fsp3) is 0.375. The second-order valence-corrected chi connectivity index (χ2v) is 11.6. The molecule has 0 bridgehead atoms. The van der Waals surface area contributed by atoms with Crippen molar-refractivity contribution in [2.75, 3.05) is 18.5 Å². The number of amidine groups is 1. The average Bonchev–Trinajstić information content (AvgIpc) is 2.89. The van der Waals surface area contributed by atoms with Crippen LogP contribution in [0.1, 0.15) is 57.6 Å². The molecular weight excluding hydrogens is 848 g/mol. The van der Waals surface area contributed by atoms with E-state index in [9.17, 15) is 13.2 Å². The molecule has 3 rings (SSSR count). The molecule has 3 nitrogen and oxygen atoms in total. The van der Waals surface area contributed by atoms with Crippen molar-refractivity contribution in [2.45, 2.75) is 53.0 Å². The maximum atomic E-state index is 9.58. The van der Waals surface area contributed by atoms with Gasteiger partial charge in [-0.2, -0.15) is 30.3 Å². The van der Waals surface area contributed by atoms with Crippen molar-refractivity contribution >= 4 is 34.1 Å². The van der Waals surface area contributed by atoms with Crippen LogP contribution in [0, 0.1) is 59.3 Å². The average molecular weight is 888 g/mol. The monoisotopic (exact) mass is 887 g/mol. The molecule has 0 radical (unpaired) electrons. The van der Waals surface area contributed by atoms with Crippen LogP contribution in [0.25, 0.3) is 11.1 Å². The third-order valence-corrected chi connectivity index (χ3v) is 7.06. The molecule has 3 aromatic carbocycles. The van der Waals surface area contributed by atoms with Crippen molar-refractivity contribution in [1.82, 2.24) is 0 Å². The molecule has 8 heteroatoms. The van der Waals surface area contributed by atoms with Crippen molar-refractivity contribution in [3.63, 3.8) is 0 Å². The minimum absolute atomic E-state index is 0. The standard InChI is InChI=1S/C31H39IN3.CF3.U/c1-22(2)15-16-35(21-24-9-7-6-8-10-24)29-19-26(25-11-13-28(32)14-12-25)18-27(20-29)30(17-23(3)4)31(33)34-5;2-1(3)4;/h7-14,18-20,22-23,30H,15-17,21H2,1-5H3,(H2,33,34);;/q2*-1;+2/t30-;;/m1../s1. The minimum atomic E-state index is -3.08. The van der Waals surface area contributed by atoms with Gasteiger partial charge in [-0.3, -0.25) is 4.99 Å². The van der Waals surface area contributed by atoms with Gasteiger partial charge in [-0.15, -0.1) is 5.56 Å². The molecule has 0 amide bonds. The number of rotatable bonds is 11. The molecule has 0 aliphatic heterocycles. The van der Waals surface area contributed by atoms with Crippen molar-refractivity contribution in [1.29, 1.82) is 0 Å². The second kappa shape index (κ2) is 18.8. The van der Waals surface area contributed by atoms with Gasteiger partial charge in [-0.05, 0) is 88.2 Å². The van der Waals surface area contributed by atoms with Crippen molar-refractivity contribution < 1.29 is 44.3 Å². The maximum Gasteiger partial charge on any atom is 2.00 e. The third-order valence-electron chi connectivity index (χ3n) is 6.34. The predicted octanol–water partition coefficient (Wildman–Crippen LogP) is 9.27. The molecule has 0 saturated carbocycles. The number of aliphatic imine (C=N–C) groups is 1. The number of hydrogen-bond acceptors (Lipinski definition) is 2. The molecule has 0 aliphatic rings. The van der Waals surface area contributed by atoms with Gasteiger partial charge in [0.05, 0.1) is 0 Å². The van der Waals surface area contributed by atoms with E-state index in [1.807, 2.05) is 12.1 Å². The molecule has 40 heavy (non-hydrogen) atoms. The van der Waals surface area contributed by atoms with Crippen LogP contribution in [0.2, 0.25) is 0 Å². The fourth-order valence-corrected chi connectivity index (χ4v) is 4.70. The van der Waals surface area contributed by atoms with Gasteiger partial charge in [0, 0.05) is 35.3 Å². The molecule has 2 N–H and O–H groups in total. The van der Waals surface area contributed by atoms with Crippen LogP contribution in [0.3, 0.4) is 0 Å². The van der Waals surface area contributed by atoms with E-state index >= 15 is 0 Å². The first kappa shape index (κ1) is 36.5. The normalized spacial score (nSPS) is 12.2. The number of halogens is 4. The number of anilines is 1. The third kappa shape index (κ3) is 13.0. The topological polar surface area (TPSA) is 41.6 Å².